The van der Waals surface area contributed by atoms with E-state index >= 15 is 0 Å². The molecule has 0 unspecified atom stereocenters. The number of anilines is 1. The third-order valence-corrected chi connectivity index (χ3v) is 4.76. The number of sulfonamides is 1. The molecule has 0 fully saturated rings. The average molecular weight is 347 g/mol. The predicted octanol–water partition coefficient (Wildman–Crippen LogP) is 2.72. The lowest BCUT2D eigenvalue weighted by Crippen LogP contribution is -2.40. The molecule has 2 aromatic rings. The van der Waals surface area contributed by atoms with Crippen LogP contribution in [0.1, 0.15) is 36.7 Å². The summed E-state index contributed by atoms with van der Waals surface area (Å²) >= 11 is 0. The van der Waals surface area contributed by atoms with Crippen molar-refractivity contribution < 1.29 is 13.2 Å². The van der Waals surface area contributed by atoms with Crippen LogP contribution in [0, 0.1) is 6.92 Å². The van der Waals surface area contributed by atoms with Crippen molar-refractivity contribution in [1.82, 2.24) is 9.71 Å². The predicted molar refractivity (Wildman–Crippen MR) is 93.4 cm³/mol. The summed E-state index contributed by atoms with van der Waals surface area (Å²) in [4.78, 5) is 16.4. The smallest absolute Gasteiger partial charge is 0.256 e. The molecule has 1 aromatic carbocycles. The van der Waals surface area contributed by atoms with Gasteiger partial charge in [-0.05, 0) is 63.6 Å². The van der Waals surface area contributed by atoms with Gasteiger partial charge in [0.2, 0.25) is 10.0 Å². The van der Waals surface area contributed by atoms with E-state index in [0.29, 0.717) is 5.82 Å². The maximum absolute atomic E-state index is 12.4. The molecule has 0 aliphatic carbocycles. The molecule has 2 N–H and O–H groups in total. The van der Waals surface area contributed by atoms with E-state index in [1.165, 1.54) is 18.2 Å². The van der Waals surface area contributed by atoms with Gasteiger partial charge in [0.25, 0.3) is 5.91 Å². The van der Waals surface area contributed by atoms with Crippen LogP contribution in [0.3, 0.4) is 0 Å². The van der Waals surface area contributed by atoms with Gasteiger partial charge in [0.05, 0.1) is 4.90 Å². The third-order valence-electron chi connectivity index (χ3n) is 3.00. The van der Waals surface area contributed by atoms with Crippen molar-refractivity contribution in [1.29, 1.82) is 0 Å². The van der Waals surface area contributed by atoms with E-state index in [1.54, 1.807) is 39.1 Å². The van der Waals surface area contributed by atoms with Gasteiger partial charge in [0.1, 0.15) is 5.82 Å². The number of hydrogen-bond donors (Lipinski definition) is 2. The Labute approximate surface area is 142 Å². The highest BCUT2D eigenvalue weighted by Gasteiger charge is 2.22. The highest BCUT2D eigenvalue weighted by molar-refractivity contribution is 7.89. The van der Waals surface area contributed by atoms with E-state index in [2.05, 4.69) is 15.0 Å². The van der Waals surface area contributed by atoms with Crippen molar-refractivity contribution in [3.8, 4) is 0 Å². The molecule has 0 aliphatic heterocycles. The summed E-state index contributed by atoms with van der Waals surface area (Å²) in [5, 5.41) is 2.66. The summed E-state index contributed by atoms with van der Waals surface area (Å²) in [5.41, 5.74) is 0.601. The van der Waals surface area contributed by atoms with Gasteiger partial charge in [-0.3, -0.25) is 4.79 Å². The van der Waals surface area contributed by atoms with Crippen molar-refractivity contribution in [2.45, 2.75) is 38.1 Å². The van der Waals surface area contributed by atoms with Gasteiger partial charge in [0, 0.05) is 17.3 Å². The quantitative estimate of drug-likeness (QED) is 0.890. The summed E-state index contributed by atoms with van der Waals surface area (Å²) < 4.78 is 27.3. The highest BCUT2D eigenvalue weighted by Crippen LogP contribution is 2.16. The van der Waals surface area contributed by atoms with Crippen LogP contribution >= 0.6 is 0 Å². The lowest BCUT2D eigenvalue weighted by Gasteiger charge is -2.20. The van der Waals surface area contributed by atoms with Gasteiger partial charge in [-0.25, -0.2) is 18.1 Å². The van der Waals surface area contributed by atoms with Gasteiger partial charge in [0.15, 0.2) is 0 Å². The maximum Gasteiger partial charge on any atom is 0.256 e. The van der Waals surface area contributed by atoms with Gasteiger partial charge >= 0.3 is 0 Å². The van der Waals surface area contributed by atoms with E-state index < -0.39 is 21.5 Å². The number of pyridine rings is 1. The number of nitrogens with one attached hydrogen (secondary N) is 2. The average Bonchev–Trinajstić information content (AvgIpc) is 2.45. The van der Waals surface area contributed by atoms with Crippen molar-refractivity contribution >= 4 is 21.7 Å². The minimum atomic E-state index is -3.70. The summed E-state index contributed by atoms with van der Waals surface area (Å²) in [6.07, 6.45) is 1.60. The van der Waals surface area contributed by atoms with Crippen LogP contribution in [0.25, 0.3) is 0 Å². The van der Waals surface area contributed by atoms with E-state index in [4.69, 9.17) is 0 Å². The molecule has 1 amide bonds. The lowest BCUT2D eigenvalue weighted by atomic mass is 10.1. The number of amides is 1. The SMILES string of the molecule is Cc1ccnc(NC(=O)c2cccc(S(=O)(=O)NC(C)(C)C)c2)c1. The fraction of sp³-hybridized carbons (Fsp3) is 0.294. The molecule has 128 valence electrons. The molecule has 2 rings (SSSR count). The van der Waals surface area contributed by atoms with E-state index in [9.17, 15) is 13.2 Å². The number of aryl methyl sites for hydroxylation is 1. The molecule has 0 aliphatic rings. The molecular weight excluding hydrogens is 326 g/mol. The molecule has 0 bridgehead atoms. The van der Waals surface area contributed by atoms with Crippen molar-refractivity contribution in [3.05, 3.63) is 53.7 Å². The molecule has 0 saturated carbocycles. The first-order valence-electron chi connectivity index (χ1n) is 7.45. The van der Waals surface area contributed by atoms with Crippen molar-refractivity contribution in [3.63, 3.8) is 0 Å². The Kier molecular flexibility index (Phi) is 5.05. The standard InChI is InChI=1S/C17H21N3O3S/c1-12-8-9-18-15(10-12)19-16(21)13-6-5-7-14(11-13)24(22,23)20-17(2,3)4/h5-11,20H,1-4H3,(H,18,19,21). The first-order chi connectivity index (χ1) is 11.1. The topological polar surface area (TPSA) is 88.2 Å². The summed E-state index contributed by atoms with van der Waals surface area (Å²) in [6.45, 7) is 7.16. The largest absolute Gasteiger partial charge is 0.307 e. The minimum Gasteiger partial charge on any atom is -0.307 e. The first-order valence-corrected chi connectivity index (χ1v) is 8.93. The maximum atomic E-state index is 12.4. The second-order valence-electron chi connectivity index (χ2n) is 6.56. The van der Waals surface area contributed by atoms with Crippen LogP contribution in [-0.2, 0) is 10.0 Å². The molecular formula is C17H21N3O3S. The van der Waals surface area contributed by atoms with Gasteiger partial charge < -0.3 is 5.32 Å². The molecule has 1 heterocycles. The van der Waals surface area contributed by atoms with Crippen molar-refractivity contribution in [2.24, 2.45) is 0 Å². The normalized spacial score (nSPS) is 12.0. The Morgan fingerprint density at radius 3 is 2.46 bits per heavy atom. The monoisotopic (exact) mass is 347 g/mol. The Morgan fingerprint density at radius 1 is 1.12 bits per heavy atom. The Morgan fingerprint density at radius 2 is 1.83 bits per heavy atom. The third kappa shape index (κ3) is 4.87. The molecule has 0 saturated heterocycles. The number of rotatable bonds is 4. The van der Waals surface area contributed by atoms with E-state index in [-0.39, 0.29) is 10.5 Å². The Hall–Kier alpha value is -2.25. The molecule has 0 spiro atoms. The first kappa shape index (κ1) is 18.1. The number of aromatic nitrogens is 1. The van der Waals surface area contributed by atoms with Crippen LogP contribution in [0.4, 0.5) is 5.82 Å². The van der Waals surface area contributed by atoms with Gasteiger partial charge in [-0.2, -0.15) is 0 Å². The summed E-state index contributed by atoms with van der Waals surface area (Å²) in [6, 6.07) is 9.45. The van der Waals surface area contributed by atoms with Crippen molar-refractivity contribution in [2.75, 3.05) is 5.32 Å². The number of hydrogen-bond acceptors (Lipinski definition) is 4. The highest BCUT2D eigenvalue weighted by atomic mass is 32.2. The van der Waals surface area contributed by atoms with Gasteiger partial charge in [-0.1, -0.05) is 6.07 Å². The molecule has 7 heteroatoms. The minimum absolute atomic E-state index is 0.0438. The summed E-state index contributed by atoms with van der Waals surface area (Å²) in [5.74, 6) is 0.00184. The zero-order valence-electron chi connectivity index (χ0n) is 14.1. The molecule has 0 atom stereocenters. The summed E-state index contributed by atoms with van der Waals surface area (Å²) in [7, 11) is -3.70. The van der Waals surface area contributed by atoms with Crippen LogP contribution in [-0.4, -0.2) is 24.8 Å². The fourth-order valence-electron chi connectivity index (χ4n) is 2.06. The Balaban J connectivity index is 2.25. The zero-order valence-corrected chi connectivity index (χ0v) is 14.9. The second-order valence-corrected chi connectivity index (χ2v) is 8.24. The van der Waals surface area contributed by atoms with Crippen LogP contribution < -0.4 is 10.0 Å². The molecule has 1 aromatic heterocycles. The molecule has 24 heavy (non-hydrogen) atoms. The number of nitrogens with zero attached hydrogens (tertiary/aromatic N) is 1. The van der Waals surface area contributed by atoms with E-state index in [1.807, 2.05) is 13.0 Å². The van der Waals surface area contributed by atoms with Crippen LogP contribution in [0.2, 0.25) is 0 Å². The Bertz CT molecular complexity index is 855. The van der Waals surface area contributed by atoms with Crippen LogP contribution in [0.15, 0.2) is 47.5 Å². The zero-order chi connectivity index (χ0) is 18.0. The molecule has 0 radical (unpaired) electrons. The van der Waals surface area contributed by atoms with Crippen LogP contribution in [0.5, 0.6) is 0 Å². The second kappa shape index (κ2) is 6.70. The lowest BCUT2D eigenvalue weighted by molar-refractivity contribution is 0.102. The molecule has 6 nitrogen and oxygen atoms in total. The van der Waals surface area contributed by atoms with E-state index in [0.717, 1.165) is 5.56 Å². The number of benzene rings is 1. The fourth-order valence-corrected chi connectivity index (χ4v) is 3.52. The van der Waals surface area contributed by atoms with Gasteiger partial charge in [-0.15, -0.1) is 0 Å². The number of carbonyl (C=O) groups excluding carboxylic acids is 1. The number of carbonyl (C=O) groups is 1.